The highest BCUT2D eigenvalue weighted by Crippen LogP contribution is 2.44. The molecule has 3 aliphatic rings. The second-order valence-electron chi connectivity index (χ2n) is 11.0. The number of nitrogens with zero attached hydrogens (tertiary/aromatic N) is 3. The highest BCUT2D eigenvalue weighted by molar-refractivity contribution is 5.93. The third-order valence-electron chi connectivity index (χ3n) is 8.82. The van der Waals surface area contributed by atoms with Gasteiger partial charge in [0.25, 0.3) is 5.56 Å². The minimum Gasteiger partial charge on any atom is -0.545 e. The molecule has 0 amide bonds. The van der Waals surface area contributed by atoms with E-state index in [1.165, 1.54) is 63.9 Å². The van der Waals surface area contributed by atoms with Crippen molar-refractivity contribution in [2.45, 2.75) is 94.8 Å². The Morgan fingerprint density at radius 2 is 1.46 bits per heavy atom. The molecule has 2 saturated heterocycles. The number of fused-ring (bicyclic) bond motifs is 3. The summed E-state index contributed by atoms with van der Waals surface area (Å²) in [6, 6.07) is 16.1. The van der Waals surface area contributed by atoms with E-state index in [0.717, 1.165) is 23.9 Å². The van der Waals surface area contributed by atoms with Gasteiger partial charge < -0.3 is 19.8 Å². The van der Waals surface area contributed by atoms with Gasteiger partial charge in [0.1, 0.15) is 0 Å². The van der Waals surface area contributed by atoms with Crippen molar-refractivity contribution >= 4 is 28.5 Å². The molecule has 2 aromatic carbocycles. The molecule has 7 heteroatoms. The number of anilines is 2. The lowest BCUT2D eigenvalue weighted by molar-refractivity contribution is -0.254. The number of aromatic nitrogens is 2. The molecule has 1 N–H and O–H groups in total. The highest BCUT2D eigenvalue weighted by Gasteiger charge is 2.44. The van der Waals surface area contributed by atoms with E-state index in [1.54, 1.807) is 18.2 Å². The van der Waals surface area contributed by atoms with Gasteiger partial charge in [0, 0.05) is 35.4 Å². The van der Waals surface area contributed by atoms with E-state index in [0.29, 0.717) is 23.8 Å². The van der Waals surface area contributed by atoms with E-state index in [2.05, 4.69) is 15.2 Å². The lowest BCUT2D eigenvalue weighted by Gasteiger charge is -2.45. The van der Waals surface area contributed by atoms with Gasteiger partial charge in [0.2, 0.25) is 0 Å². The summed E-state index contributed by atoms with van der Waals surface area (Å²) in [5.74, 6) is -1.13. The van der Waals surface area contributed by atoms with Crippen LogP contribution < -0.4 is 16.0 Å². The molecule has 0 radical (unpaired) electrons. The summed E-state index contributed by atoms with van der Waals surface area (Å²) < 4.78 is 1.94. The van der Waals surface area contributed by atoms with Gasteiger partial charge in [-0.05, 0) is 56.7 Å². The maximum absolute atomic E-state index is 13.9. The number of rotatable bonds is 5. The number of hydrogen-bond acceptors (Lipinski definition) is 6. The number of piperidine rings is 1. The largest absolute Gasteiger partial charge is 0.545 e. The summed E-state index contributed by atoms with van der Waals surface area (Å²) in [5, 5.41) is 14.7. The number of carbonyl (C=O) groups excluding carboxylic acids is 1. The predicted molar refractivity (Wildman–Crippen MR) is 143 cm³/mol. The molecule has 3 heterocycles. The Labute approximate surface area is 217 Å². The van der Waals surface area contributed by atoms with Gasteiger partial charge >= 0.3 is 0 Å². The van der Waals surface area contributed by atoms with Gasteiger partial charge in [-0.3, -0.25) is 9.69 Å². The SMILES string of the molecule is O=C([O-])c1ccccc1Nc1nc2ccccc2n(C2C[C@H]3CC[C@@H](C2)N3C2CCCCCCC2)c1=O. The number of para-hydroxylation sites is 3. The van der Waals surface area contributed by atoms with Crippen molar-refractivity contribution in [2.75, 3.05) is 5.32 Å². The van der Waals surface area contributed by atoms with E-state index >= 15 is 0 Å². The van der Waals surface area contributed by atoms with Crippen LogP contribution in [-0.2, 0) is 0 Å². The van der Waals surface area contributed by atoms with Crippen LogP contribution in [0.5, 0.6) is 0 Å². The Bertz CT molecular complexity index is 1330. The molecular weight excluding hydrogens is 464 g/mol. The molecule has 2 bridgehead atoms. The topological polar surface area (TPSA) is 90.3 Å². The molecule has 2 aliphatic heterocycles. The van der Waals surface area contributed by atoms with Crippen LogP contribution >= 0.6 is 0 Å². The summed E-state index contributed by atoms with van der Waals surface area (Å²) in [7, 11) is 0. The molecule has 6 rings (SSSR count). The van der Waals surface area contributed by atoms with Gasteiger partial charge in [-0.25, -0.2) is 4.98 Å². The summed E-state index contributed by atoms with van der Waals surface area (Å²) in [6.45, 7) is 0. The molecule has 194 valence electrons. The van der Waals surface area contributed by atoms with Crippen LogP contribution in [0.25, 0.3) is 11.0 Å². The molecular formula is C30H35N4O3-. The van der Waals surface area contributed by atoms with Crippen LogP contribution in [0.1, 0.15) is 87.0 Å². The molecule has 37 heavy (non-hydrogen) atoms. The maximum Gasteiger partial charge on any atom is 0.294 e. The van der Waals surface area contributed by atoms with Crippen molar-refractivity contribution in [3.05, 3.63) is 64.4 Å². The van der Waals surface area contributed by atoms with Crippen molar-refractivity contribution < 1.29 is 9.90 Å². The first-order chi connectivity index (χ1) is 18.1. The van der Waals surface area contributed by atoms with Crippen LogP contribution in [0.2, 0.25) is 0 Å². The first-order valence-corrected chi connectivity index (χ1v) is 14.0. The van der Waals surface area contributed by atoms with E-state index in [-0.39, 0.29) is 23.0 Å². The number of hydrogen-bond donors (Lipinski definition) is 1. The number of carboxylic acid groups (broad SMARTS) is 1. The predicted octanol–water partition coefficient (Wildman–Crippen LogP) is 4.78. The van der Waals surface area contributed by atoms with E-state index in [4.69, 9.17) is 0 Å². The number of nitrogens with one attached hydrogen (secondary N) is 1. The molecule has 3 aromatic rings. The van der Waals surface area contributed by atoms with Crippen LogP contribution in [0.4, 0.5) is 11.5 Å². The average molecular weight is 500 g/mol. The minimum absolute atomic E-state index is 0.00830. The molecule has 1 aliphatic carbocycles. The summed E-state index contributed by atoms with van der Waals surface area (Å²) in [5.41, 5.74) is 1.69. The van der Waals surface area contributed by atoms with Crippen molar-refractivity contribution in [1.29, 1.82) is 0 Å². The third kappa shape index (κ3) is 4.65. The Kier molecular flexibility index (Phi) is 6.72. The molecule has 0 spiro atoms. The Morgan fingerprint density at radius 1 is 0.811 bits per heavy atom. The smallest absolute Gasteiger partial charge is 0.294 e. The second-order valence-corrected chi connectivity index (χ2v) is 11.0. The lowest BCUT2D eigenvalue weighted by Crippen LogP contribution is -2.50. The second kappa shape index (κ2) is 10.3. The lowest BCUT2D eigenvalue weighted by atomic mass is 9.89. The zero-order chi connectivity index (χ0) is 25.4. The molecule has 1 saturated carbocycles. The highest BCUT2D eigenvalue weighted by atomic mass is 16.4. The maximum atomic E-state index is 13.9. The van der Waals surface area contributed by atoms with E-state index < -0.39 is 5.97 Å². The third-order valence-corrected chi connectivity index (χ3v) is 8.82. The summed E-state index contributed by atoms with van der Waals surface area (Å²) in [6.07, 6.45) is 13.7. The molecule has 3 atom stereocenters. The fourth-order valence-corrected chi connectivity index (χ4v) is 7.22. The Balaban J connectivity index is 1.34. The Hall–Kier alpha value is -3.19. The van der Waals surface area contributed by atoms with Gasteiger partial charge in [0.05, 0.1) is 17.0 Å². The standard InChI is InChI=1S/C30H36N4O3/c35-29-28(31-25-13-7-6-12-24(25)30(36)37)32-26-14-8-9-15-27(26)34(29)23-18-21-16-17-22(19-23)33(21)20-10-4-2-1-3-5-11-20/h6-9,12-15,20-23H,1-5,10-11,16-19H2,(H,31,32)(H,36,37)/p-1/t21-,22+,23?. The normalized spacial score (nSPS) is 25.0. The number of carboxylic acids is 1. The van der Waals surface area contributed by atoms with Crippen molar-refractivity contribution in [3.8, 4) is 0 Å². The number of aromatic carboxylic acids is 1. The fraction of sp³-hybridized carbons (Fsp3) is 0.500. The summed E-state index contributed by atoms with van der Waals surface area (Å²) >= 11 is 0. The van der Waals surface area contributed by atoms with E-state index in [9.17, 15) is 14.7 Å². The van der Waals surface area contributed by atoms with Crippen LogP contribution in [0, 0.1) is 0 Å². The van der Waals surface area contributed by atoms with Crippen molar-refractivity contribution in [1.82, 2.24) is 14.5 Å². The quantitative estimate of drug-likeness (QED) is 0.543. The van der Waals surface area contributed by atoms with Crippen molar-refractivity contribution in [3.63, 3.8) is 0 Å². The number of benzene rings is 2. The van der Waals surface area contributed by atoms with Gasteiger partial charge in [-0.2, -0.15) is 0 Å². The van der Waals surface area contributed by atoms with Gasteiger partial charge in [0.15, 0.2) is 5.82 Å². The monoisotopic (exact) mass is 499 g/mol. The molecule has 3 fully saturated rings. The Morgan fingerprint density at radius 3 is 2.19 bits per heavy atom. The van der Waals surface area contributed by atoms with Gasteiger partial charge in [-0.15, -0.1) is 0 Å². The minimum atomic E-state index is -1.29. The molecule has 7 nitrogen and oxygen atoms in total. The van der Waals surface area contributed by atoms with Crippen LogP contribution in [0.15, 0.2) is 53.3 Å². The summed E-state index contributed by atoms with van der Waals surface area (Å²) in [4.78, 5) is 33.0. The first kappa shape index (κ1) is 24.2. The van der Waals surface area contributed by atoms with E-state index in [1.807, 2.05) is 28.8 Å². The average Bonchev–Trinajstić information content (AvgIpc) is 3.13. The molecule has 1 unspecified atom stereocenters. The van der Waals surface area contributed by atoms with Gasteiger partial charge in [-0.1, -0.05) is 62.4 Å². The zero-order valence-corrected chi connectivity index (χ0v) is 21.3. The van der Waals surface area contributed by atoms with Crippen LogP contribution in [0.3, 0.4) is 0 Å². The fourth-order valence-electron chi connectivity index (χ4n) is 7.22. The number of carbonyl (C=O) groups is 1. The zero-order valence-electron chi connectivity index (χ0n) is 21.3. The van der Waals surface area contributed by atoms with Crippen LogP contribution in [-0.4, -0.2) is 38.5 Å². The first-order valence-electron chi connectivity index (χ1n) is 14.0. The van der Waals surface area contributed by atoms with Crippen molar-refractivity contribution in [2.24, 2.45) is 0 Å². The molecule has 1 aromatic heterocycles.